The van der Waals surface area contributed by atoms with E-state index in [0.717, 1.165) is 42.9 Å². The lowest BCUT2D eigenvalue weighted by atomic mass is 9.88. The number of nitrogens with zero attached hydrogens (tertiary/aromatic N) is 5. The Bertz CT molecular complexity index is 1140. The molecule has 0 radical (unpaired) electrons. The van der Waals surface area contributed by atoms with Gasteiger partial charge in [0.05, 0.1) is 29.2 Å². The van der Waals surface area contributed by atoms with Crippen molar-refractivity contribution < 1.29 is 13.9 Å². The molecule has 5 rings (SSSR count). The number of halogens is 2. The molecular formula is C24H31ClFN5O2S. The molecule has 2 saturated heterocycles. The number of anilines is 1. The van der Waals surface area contributed by atoms with Crippen LogP contribution in [0.4, 0.5) is 15.0 Å². The van der Waals surface area contributed by atoms with E-state index in [1.165, 1.54) is 11.8 Å². The number of ether oxygens (including phenoxy) is 1. The predicted octanol–water partition coefficient (Wildman–Crippen LogP) is 5.78. The Hall–Kier alpha value is -1.87. The molecule has 0 saturated carbocycles. The molecule has 2 fully saturated rings. The van der Waals surface area contributed by atoms with Crippen LogP contribution in [-0.4, -0.2) is 62.0 Å². The fraction of sp³-hybridized carbons (Fsp3) is 0.667. The maximum absolute atomic E-state index is 15.2. The number of thioether (sulfide) groups is 1. The number of carbonyl (C=O) groups excluding carboxylic acids is 1. The van der Waals surface area contributed by atoms with Gasteiger partial charge in [0.1, 0.15) is 16.9 Å². The molecule has 3 aliphatic heterocycles. The molecule has 34 heavy (non-hydrogen) atoms. The Labute approximate surface area is 208 Å². The van der Waals surface area contributed by atoms with Crippen molar-refractivity contribution in [1.29, 1.82) is 0 Å². The number of aromatic nitrogens is 3. The number of hydrogen-bond acceptors (Lipinski definition) is 7. The van der Waals surface area contributed by atoms with Gasteiger partial charge in [-0.25, -0.2) is 24.1 Å². The molecule has 2 bridgehead atoms. The van der Waals surface area contributed by atoms with Gasteiger partial charge in [-0.2, -0.15) is 0 Å². The van der Waals surface area contributed by atoms with Crippen LogP contribution in [0.25, 0.3) is 10.9 Å². The van der Waals surface area contributed by atoms with Crippen molar-refractivity contribution >= 4 is 46.2 Å². The summed E-state index contributed by atoms with van der Waals surface area (Å²) in [5, 5.41) is 1.05. The molecule has 0 aliphatic carbocycles. The molecule has 4 atom stereocenters. The number of piperazine rings is 1. The standard InChI is InChI=1S/C24H31ClFN5O2S/c1-6-34-22-28-19-16-18(27-20(25)17(19)26)12(2)7-9-14-15-10-8-13(11-30(14)21(16)29-22)31(15)23(32)33-24(3,4)5/h12-15H,6-11H2,1-5H3/t12-,13-,14+,15+/m1/s1. The van der Waals surface area contributed by atoms with Crippen LogP contribution in [-0.2, 0) is 4.74 Å². The number of amides is 1. The van der Waals surface area contributed by atoms with Gasteiger partial charge in [0, 0.05) is 6.54 Å². The maximum Gasteiger partial charge on any atom is 0.410 e. The van der Waals surface area contributed by atoms with E-state index in [4.69, 9.17) is 21.3 Å². The quantitative estimate of drug-likeness (QED) is 0.289. The first-order valence-corrected chi connectivity index (χ1v) is 13.4. The fourth-order valence-electron chi connectivity index (χ4n) is 5.68. The zero-order valence-corrected chi connectivity index (χ0v) is 21.8. The van der Waals surface area contributed by atoms with Crippen molar-refractivity contribution in [2.75, 3.05) is 17.2 Å². The van der Waals surface area contributed by atoms with E-state index in [0.29, 0.717) is 17.1 Å². The van der Waals surface area contributed by atoms with Crippen molar-refractivity contribution in [3.05, 3.63) is 16.7 Å². The first-order chi connectivity index (χ1) is 16.1. The summed E-state index contributed by atoms with van der Waals surface area (Å²) < 4.78 is 21.0. The van der Waals surface area contributed by atoms with Crippen LogP contribution < -0.4 is 4.90 Å². The molecule has 2 aromatic heterocycles. The van der Waals surface area contributed by atoms with Gasteiger partial charge in [0.15, 0.2) is 16.1 Å². The van der Waals surface area contributed by atoms with Gasteiger partial charge >= 0.3 is 6.09 Å². The van der Waals surface area contributed by atoms with Crippen LogP contribution >= 0.6 is 23.4 Å². The van der Waals surface area contributed by atoms with Crippen molar-refractivity contribution in [3.8, 4) is 0 Å². The third kappa shape index (κ3) is 3.98. The molecule has 0 aromatic carbocycles. The first kappa shape index (κ1) is 23.9. The second-order valence-corrected chi connectivity index (χ2v) is 12.1. The summed E-state index contributed by atoms with van der Waals surface area (Å²) in [7, 11) is 0. The highest BCUT2D eigenvalue weighted by Crippen LogP contribution is 2.45. The lowest BCUT2D eigenvalue weighted by molar-refractivity contribution is 0.00694. The smallest absolute Gasteiger partial charge is 0.410 e. The second kappa shape index (κ2) is 8.66. The number of carbonyl (C=O) groups is 1. The molecule has 2 aromatic rings. The predicted molar refractivity (Wildman–Crippen MR) is 132 cm³/mol. The Morgan fingerprint density at radius 2 is 1.91 bits per heavy atom. The highest BCUT2D eigenvalue weighted by molar-refractivity contribution is 7.99. The fourth-order valence-corrected chi connectivity index (χ4v) is 6.42. The topological polar surface area (TPSA) is 71.5 Å². The van der Waals surface area contributed by atoms with E-state index in [9.17, 15) is 4.79 Å². The Kier molecular flexibility index (Phi) is 6.07. The van der Waals surface area contributed by atoms with E-state index in [-0.39, 0.29) is 40.8 Å². The molecule has 0 N–H and O–H groups in total. The second-order valence-electron chi connectivity index (χ2n) is 10.5. The SMILES string of the molecule is CCSc1nc2c3c(nc(Cl)c(F)c3n1)[C@H](C)CC[C@H]1[C@@H]3CC[C@H](CN21)N3C(=O)OC(C)(C)C. The van der Waals surface area contributed by atoms with Crippen LogP contribution in [0.3, 0.4) is 0 Å². The Morgan fingerprint density at radius 1 is 1.18 bits per heavy atom. The molecule has 184 valence electrons. The largest absolute Gasteiger partial charge is 0.444 e. The van der Waals surface area contributed by atoms with E-state index < -0.39 is 11.4 Å². The van der Waals surface area contributed by atoms with E-state index in [2.05, 4.69) is 21.8 Å². The van der Waals surface area contributed by atoms with Crippen LogP contribution in [0, 0.1) is 5.82 Å². The summed E-state index contributed by atoms with van der Waals surface area (Å²) in [4.78, 5) is 31.3. The van der Waals surface area contributed by atoms with Gasteiger partial charge in [-0.3, -0.25) is 4.90 Å². The van der Waals surface area contributed by atoms with Crippen molar-refractivity contribution in [1.82, 2.24) is 19.9 Å². The summed E-state index contributed by atoms with van der Waals surface area (Å²) in [6.45, 7) is 10.4. The zero-order valence-electron chi connectivity index (χ0n) is 20.3. The minimum atomic E-state index is -0.596. The van der Waals surface area contributed by atoms with Gasteiger partial charge in [0.2, 0.25) is 0 Å². The highest BCUT2D eigenvalue weighted by atomic mass is 35.5. The molecule has 0 spiro atoms. The monoisotopic (exact) mass is 507 g/mol. The van der Waals surface area contributed by atoms with Crippen LogP contribution in [0.2, 0.25) is 5.15 Å². The van der Waals surface area contributed by atoms with Crippen LogP contribution in [0.1, 0.15) is 71.9 Å². The number of pyridine rings is 1. The minimum absolute atomic E-state index is 0.0220. The van der Waals surface area contributed by atoms with Crippen LogP contribution in [0.15, 0.2) is 5.16 Å². The van der Waals surface area contributed by atoms with Crippen molar-refractivity contribution in [3.63, 3.8) is 0 Å². The van der Waals surface area contributed by atoms with E-state index >= 15 is 4.39 Å². The average molecular weight is 508 g/mol. The molecular weight excluding hydrogens is 477 g/mol. The molecule has 1 amide bonds. The van der Waals surface area contributed by atoms with Gasteiger partial charge in [-0.05, 0) is 58.1 Å². The number of rotatable bonds is 2. The lowest BCUT2D eigenvalue weighted by Crippen LogP contribution is -2.62. The zero-order chi connectivity index (χ0) is 24.4. The number of hydrogen-bond donors (Lipinski definition) is 0. The molecule has 5 heterocycles. The van der Waals surface area contributed by atoms with Crippen LogP contribution in [0.5, 0.6) is 0 Å². The third-order valence-electron chi connectivity index (χ3n) is 7.04. The molecule has 7 nitrogen and oxygen atoms in total. The highest BCUT2D eigenvalue weighted by Gasteiger charge is 2.50. The Morgan fingerprint density at radius 3 is 2.62 bits per heavy atom. The van der Waals surface area contributed by atoms with Gasteiger partial charge in [0.25, 0.3) is 0 Å². The normalized spacial score (nSPS) is 26.3. The summed E-state index contributed by atoms with van der Waals surface area (Å²) in [6, 6.07) is 0.117. The summed E-state index contributed by atoms with van der Waals surface area (Å²) in [5.74, 6) is 0.956. The first-order valence-electron chi connectivity index (χ1n) is 12.1. The third-order valence-corrected chi connectivity index (χ3v) is 8.02. The lowest BCUT2D eigenvalue weighted by Gasteiger charge is -2.48. The Balaban J connectivity index is 1.65. The molecule has 10 heteroatoms. The minimum Gasteiger partial charge on any atom is -0.444 e. The summed E-state index contributed by atoms with van der Waals surface area (Å²) >= 11 is 7.69. The molecule has 3 aliphatic rings. The van der Waals surface area contributed by atoms with Gasteiger partial charge in [-0.1, -0.05) is 37.2 Å². The van der Waals surface area contributed by atoms with E-state index in [1.54, 1.807) is 0 Å². The van der Waals surface area contributed by atoms with Gasteiger partial charge in [-0.15, -0.1) is 0 Å². The van der Waals surface area contributed by atoms with Crippen molar-refractivity contribution in [2.24, 2.45) is 0 Å². The average Bonchev–Trinajstić information content (AvgIpc) is 3.08. The van der Waals surface area contributed by atoms with E-state index in [1.807, 2.05) is 32.6 Å². The summed E-state index contributed by atoms with van der Waals surface area (Å²) in [6.07, 6.45) is 3.31. The maximum atomic E-state index is 15.2. The van der Waals surface area contributed by atoms with Crippen molar-refractivity contribution in [2.45, 2.75) is 95.1 Å². The number of fused-ring (bicyclic) bond motifs is 5. The van der Waals surface area contributed by atoms with Gasteiger partial charge < -0.3 is 9.64 Å². The summed E-state index contributed by atoms with van der Waals surface area (Å²) in [5.41, 5.74) is 0.450. The molecule has 0 unspecified atom stereocenters.